The van der Waals surface area contributed by atoms with Gasteiger partial charge in [-0.05, 0) is 42.8 Å². The lowest BCUT2D eigenvalue weighted by Gasteiger charge is -2.20. The summed E-state index contributed by atoms with van der Waals surface area (Å²) in [6.45, 7) is 14.5. The molecule has 0 amide bonds. The van der Waals surface area contributed by atoms with Gasteiger partial charge in [-0.15, -0.1) is 0 Å². The van der Waals surface area contributed by atoms with Gasteiger partial charge >= 0.3 is 0 Å². The molecule has 0 bridgehead atoms. The molecular formula is C15H29N3. The summed E-state index contributed by atoms with van der Waals surface area (Å²) in [5.41, 5.74) is 1.36. The highest BCUT2D eigenvalue weighted by molar-refractivity contribution is 5.11. The van der Waals surface area contributed by atoms with Crippen LogP contribution in [-0.4, -0.2) is 22.9 Å². The van der Waals surface area contributed by atoms with E-state index in [9.17, 15) is 0 Å². The summed E-state index contributed by atoms with van der Waals surface area (Å²) in [5, 5.41) is 7.95. The van der Waals surface area contributed by atoms with E-state index in [2.05, 4.69) is 55.9 Å². The van der Waals surface area contributed by atoms with Crippen LogP contribution in [0.15, 0.2) is 12.4 Å². The zero-order chi connectivity index (χ0) is 13.5. The second-order valence-corrected chi connectivity index (χ2v) is 5.85. The van der Waals surface area contributed by atoms with Crippen molar-refractivity contribution in [3.8, 4) is 0 Å². The molecule has 0 spiro atoms. The highest BCUT2D eigenvalue weighted by Gasteiger charge is 2.15. The summed E-state index contributed by atoms with van der Waals surface area (Å²) < 4.78 is 2.06. The van der Waals surface area contributed by atoms with Crippen molar-refractivity contribution in [1.82, 2.24) is 15.1 Å². The van der Waals surface area contributed by atoms with Gasteiger partial charge in [0.15, 0.2) is 0 Å². The molecule has 1 rings (SSSR count). The maximum absolute atomic E-state index is 4.41. The van der Waals surface area contributed by atoms with Crippen molar-refractivity contribution >= 4 is 0 Å². The lowest BCUT2D eigenvalue weighted by atomic mass is 9.91. The summed E-state index contributed by atoms with van der Waals surface area (Å²) in [4.78, 5) is 0. The monoisotopic (exact) mass is 251 g/mol. The number of aromatic nitrogens is 2. The Hall–Kier alpha value is -0.830. The maximum Gasteiger partial charge on any atom is 0.0524 e. The van der Waals surface area contributed by atoms with Gasteiger partial charge in [0, 0.05) is 12.7 Å². The summed E-state index contributed by atoms with van der Waals surface area (Å²) in [5.74, 6) is 1.93. The van der Waals surface area contributed by atoms with E-state index in [4.69, 9.17) is 0 Å². The first-order valence-corrected chi connectivity index (χ1v) is 7.27. The van der Waals surface area contributed by atoms with Crippen LogP contribution >= 0.6 is 0 Å². The van der Waals surface area contributed by atoms with Crippen molar-refractivity contribution in [3.63, 3.8) is 0 Å². The highest BCUT2D eigenvalue weighted by atomic mass is 15.3. The normalized spacial score (nSPS) is 15.0. The van der Waals surface area contributed by atoms with Gasteiger partial charge in [0.1, 0.15) is 0 Å². The van der Waals surface area contributed by atoms with Crippen LogP contribution in [0.25, 0.3) is 0 Å². The van der Waals surface area contributed by atoms with E-state index >= 15 is 0 Å². The Balaban J connectivity index is 2.43. The highest BCUT2D eigenvalue weighted by Crippen LogP contribution is 2.23. The molecule has 0 aliphatic rings. The standard InChI is InChI=1S/C15H29N3/c1-6-7-18-11-15(10-17-18)14(5)13(4)9-16-8-12(2)3/h10-14,16H,6-9H2,1-5H3. The number of hydrogen-bond acceptors (Lipinski definition) is 2. The zero-order valence-electron chi connectivity index (χ0n) is 12.6. The molecule has 3 nitrogen and oxygen atoms in total. The van der Waals surface area contributed by atoms with Crippen molar-refractivity contribution in [3.05, 3.63) is 18.0 Å². The first-order valence-electron chi connectivity index (χ1n) is 7.27. The van der Waals surface area contributed by atoms with E-state index in [-0.39, 0.29) is 0 Å². The fraction of sp³-hybridized carbons (Fsp3) is 0.800. The molecule has 0 saturated heterocycles. The van der Waals surface area contributed by atoms with Gasteiger partial charge in [0.05, 0.1) is 6.20 Å². The molecule has 2 atom stereocenters. The second kappa shape index (κ2) is 7.57. The molecule has 0 radical (unpaired) electrons. The minimum Gasteiger partial charge on any atom is -0.316 e. The minimum atomic E-state index is 0.565. The van der Waals surface area contributed by atoms with Crippen LogP contribution in [0.4, 0.5) is 0 Å². The van der Waals surface area contributed by atoms with Crippen LogP contribution < -0.4 is 5.32 Å². The zero-order valence-corrected chi connectivity index (χ0v) is 12.6. The first-order chi connectivity index (χ1) is 8.54. The second-order valence-electron chi connectivity index (χ2n) is 5.85. The molecule has 1 N–H and O–H groups in total. The van der Waals surface area contributed by atoms with Gasteiger partial charge in [0.25, 0.3) is 0 Å². The van der Waals surface area contributed by atoms with Gasteiger partial charge in [-0.25, -0.2) is 0 Å². The first kappa shape index (κ1) is 15.2. The largest absolute Gasteiger partial charge is 0.316 e. The molecule has 3 heteroatoms. The van der Waals surface area contributed by atoms with Crippen LogP contribution in [0, 0.1) is 11.8 Å². The minimum absolute atomic E-state index is 0.565. The third-order valence-corrected chi connectivity index (χ3v) is 3.50. The van der Waals surface area contributed by atoms with Crippen molar-refractivity contribution < 1.29 is 0 Å². The van der Waals surface area contributed by atoms with Gasteiger partial charge in [-0.3, -0.25) is 4.68 Å². The SMILES string of the molecule is CCCn1cc(C(C)C(C)CNCC(C)C)cn1. The summed E-state index contributed by atoms with van der Waals surface area (Å²) in [6, 6.07) is 0. The molecule has 0 aliphatic carbocycles. The van der Waals surface area contributed by atoms with Crippen molar-refractivity contribution in [2.24, 2.45) is 11.8 Å². The molecule has 1 heterocycles. The van der Waals surface area contributed by atoms with Crippen molar-refractivity contribution in [2.75, 3.05) is 13.1 Å². The fourth-order valence-corrected chi connectivity index (χ4v) is 2.07. The van der Waals surface area contributed by atoms with E-state index in [1.807, 2.05) is 6.20 Å². The number of hydrogen-bond donors (Lipinski definition) is 1. The molecule has 104 valence electrons. The van der Waals surface area contributed by atoms with E-state index in [1.165, 1.54) is 5.56 Å². The topological polar surface area (TPSA) is 29.9 Å². The summed E-state index contributed by atoms with van der Waals surface area (Å²) in [6.07, 6.45) is 5.37. The average molecular weight is 251 g/mol. The summed E-state index contributed by atoms with van der Waals surface area (Å²) >= 11 is 0. The van der Waals surface area contributed by atoms with E-state index in [0.717, 1.165) is 32.0 Å². The van der Waals surface area contributed by atoms with Gasteiger partial charge in [-0.1, -0.05) is 34.6 Å². The predicted octanol–water partition coefficient (Wildman–Crippen LogP) is 3.28. The lowest BCUT2D eigenvalue weighted by Crippen LogP contribution is -2.27. The van der Waals surface area contributed by atoms with Crippen LogP contribution in [0.5, 0.6) is 0 Å². The summed E-state index contributed by atoms with van der Waals surface area (Å²) in [7, 11) is 0. The number of rotatable bonds is 8. The Kier molecular flexibility index (Phi) is 6.41. The van der Waals surface area contributed by atoms with Crippen LogP contribution in [0.3, 0.4) is 0 Å². The average Bonchev–Trinajstić information content (AvgIpc) is 2.76. The van der Waals surface area contributed by atoms with Crippen molar-refractivity contribution in [1.29, 1.82) is 0 Å². The van der Waals surface area contributed by atoms with E-state index < -0.39 is 0 Å². The molecule has 1 aromatic heterocycles. The molecule has 1 aromatic rings. The van der Waals surface area contributed by atoms with E-state index in [1.54, 1.807) is 0 Å². The molecule has 18 heavy (non-hydrogen) atoms. The molecule has 0 fully saturated rings. The molecule has 2 unspecified atom stereocenters. The Morgan fingerprint density at radius 3 is 2.56 bits per heavy atom. The Morgan fingerprint density at radius 2 is 1.94 bits per heavy atom. The van der Waals surface area contributed by atoms with Gasteiger partial charge in [0.2, 0.25) is 0 Å². The molecular weight excluding hydrogens is 222 g/mol. The van der Waals surface area contributed by atoms with Crippen molar-refractivity contribution in [2.45, 2.75) is 53.5 Å². The molecule has 0 aromatic carbocycles. The third kappa shape index (κ3) is 4.81. The molecule has 0 aliphatic heterocycles. The van der Waals surface area contributed by atoms with Crippen LogP contribution in [0.2, 0.25) is 0 Å². The smallest absolute Gasteiger partial charge is 0.0524 e. The third-order valence-electron chi connectivity index (χ3n) is 3.50. The van der Waals surface area contributed by atoms with E-state index in [0.29, 0.717) is 11.8 Å². The maximum atomic E-state index is 4.41. The van der Waals surface area contributed by atoms with Gasteiger partial charge < -0.3 is 5.32 Å². The molecule has 0 saturated carbocycles. The Bertz CT molecular complexity index is 330. The van der Waals surface area contributed by atoms with Gasteiger partial charge in [-0.2, -0.15) is 5.10 Å². The predicted molar refractivity (Wildman–Crippen MR) is 77.8 cm³/mol. The van der Waals surface area contributed by atoms with Crippen LogP contribution in [0.1, 0.15) is 52.5 Å². The lowest BCUT2D eigenvalue weighted by molar-refractivity contribution is 0.428. The number of nitrogens with zero attached hydrogens (tertiary/aromatic N) is 2. The quantitative estimate of drug-likeness (QED) is 0.768. The fourth-order valence-electron chi connectivity index (χ4n) is 2.07. The number of nitrogens with one attached hydrogen (secondary N) is 1. The Labute approximate surface area is 112 Å². The van der Waals surface area contributed by atoms with Crippen LogP contribution in [-0.2, 0) is 6.54 Å². The number of aryl methyl sites for hydroxylation is 1. The Morgan fingerprint density at radius 1 is 1.22 bits per heavy atom.